The summed E-state index contributed by atoms with van der Waals surface area (Å²) in [6.07, 6.45) is 0. The van der Waals surface area contributed by atoms with Gasteiger partial charge < -0.3 is 0 Å². The molecule has 0 aliphatic carbocycles. The van der Waals surface area contributed by atoms with Gasteiger partial charge in [0.25, 0.3) is 0 Å². The number of rotatable bonds is 1. The quantitative estimate of drug-likeness (QED) is 0.241. The number of fused-ring (bicyclic) bond motifs is 11. The van der Waals surface area contributed by atoms with Crippen molar-refractivity contribution in [2.45, 2.75) is 0 Å². The molecule has 0 N–H and O–H groups in total. The summed E-state index contributed by atoms with van der Waals surface area (Å²) in [4.78, 5) is 5.07. The third-order valence-electron chi connectivity index (χ3n) is 6.62. The molecule has 0 bridgehead atoms. The summed E-state index contributed by atoms with van der Waals surface area (Å²) in [6.45, 7) is 0. The van der Waals surface area contributed by atoms with Crippen LogP contribution in [0, 0.1) is 0 Å². The van der Waals surface area contributed by atoms with E-state index in [9.17, 15) is 0 Å². The second-order valence-electron chi connectivity index (χ2n) is 8.39. The lowest BCUT2D eigenvalue weighted by molar-refractivity contribution is 1.15. The molecule has 0 aliphatic heterocycles. The van der Waals surface area contributed by atoms with Gasteiger partial charge in [-0.2, -0.15) is 0 Å². The molecule has 0 unspecified atom stereocenters. The molecule has 0 saturated carbocycles. The largest absolute Gasteiger partial charge is 0.285 e. The maximum absolute atomic E-state index is 5.07. The highest BCUT2D eigenvalue weighted by molar-refractivity contribution is 7.27. The molecule has 0 saturated heterocycles. The fourth-order valence-electron chi connectivity index (χ4n) is 5.28. The fraction of sp³-hybridized carbons (Fsp3) is 0. The van der Waals surface area contributed by atoms with Crippen molar-refractivity contribution >= 4 is 85.6 Å². The van der Waals surface area contributed by atoms with Crippen LogP contribution in [0.4, 0.5) is 0 Å². The molecule has 5 aromatic carbocycles. The molecule has 33 heavy (non-hydrogen) atoms. The Labute approximate surface area is 196 Å². The number of para-hydroxylation sites is 2. The molecular weight excluding hydrogens is 440 g/mol. The molecule has 3 heterocycles. The second-order valence-corrected chi connectivity index (χ2v) is 10.4. The van der Waals surface area contributed by atoms with Gasteiger partial charge in [-0.25, -0.2) is 4.98 Å². The Balaban J connectivity index is 1.70. The van der Waals surface area contributed by atoms with E-state index in [1.54, 1.807) is 11.3 Å². The van der Waals surface area contributed by atoms with Crippen molar-refractivity contribution < 1.29 is 0 Å². The van der Waals surface area contributed by atoms with Crippen molar-refractivity contribution in [3.8, 4) is 5.13 Å². The maximum atomic E-state index is 5.07. The van der Waals surface area contributed by atoms with Crippen LogP contribution in [0.3, 0.4) is 0 Å². The number of hydrogen-bond donors (Lipinski definition) is 0. The van der Waals surface area contributed by atoms with E-state index in [1.807, 2.05) is 11.3 Å². The van der Waals surface area contributed by atoms with Gasteiger partial charge in [0.15, 0.2) is 5.13 Å². The topological polar surface area (TPSA) is 17.8 Å². The Morgan fingerprint density at radius 3 is 2.06 bits per heavy atom. The normalized spacial score (nSPS) is 12.2. The smallest absolute Gasteiger partial charge is 0.195 e. The number of nitrogens with zero attached hydrogens (tertiary/aromatic N) is 2. The Kier molecular flexibility index (Phi) is 3.45. The summed E-state index contributed by atoms with van der Waals surface area (Å²) in [5.74, 6) is 0. The van der Waals surface area contributed by atoms with E-state index in [2.05, 4.69) is 102 Å². The highest BCUT2D eigenvalue weighted by atomic mass is 32.1. The molecular formula is C29H16N2S2. The molecule has 8 rings (SSSR count). The molecule has 154 valence electrons. The highest BCUT2D eigenvalue weighted by Crippen LogP contribution is 2.48. The Bertz CT molecular complexity index is 2000. The van der Waals surface area contributed by atoms with E-state index in [-0.39, 0.29) is 0 Å². The van der Waals surface area contributed by atoms with Gasteiger partial charge in [-0.05, 0) is 29.7 Å². The van der Waals surface area contributed by atoms with Gasteiger partial charge in [0.1, 0.15) is 0 Å². The third kappa shape index (κ3) is 2.29. The molecule has 2 nitrogen and oxygen atoms in total. The molecule has 0 aliphatic rings. The minimum absolute atomic E-state index is 1.02. The number of benzene rings is 5. The van der Waals surface area contributed by atoms with E-state index in [0.29, 0.717) is 0 Å². The van der Waals surface area contributed by atoms with Gasteiger partial charge in [-0.1, -0.05) is 84.1 Å². The van der Waals surface area contributed by atoms with Gasteiger partial charge in [-0.3, -0.25) is 4.57 Å². The van der Waals surface area contributed by atoms with E-state index < -0.39 is 0 Å². The lowest BCUT2D eigenvalue weighted by Gasteiger charge is -2.08. The molecule has 0 spiro atoms. The second kappa shape index (κ2) is 6.41. The number of thiophene rings is 1. The number of aromatic nitrogens is 2. The summed E-state index contributed by atoms with van der Waals surface area (Å²) in [6, 6.07) is 34.9. The van der Waals surface area contributed by atoms with Crippen molar-refractivity contribution in [3.63, 3.8) is 0 Å². The lowest BCUT2D eigenvalue weighted by atomic mass is 10.00. The predicted octanol–water partition coefficient (Wildman–Crippen LogP) is 8.91. The summed E-state index contributed by atoms with van der Waals surface area (Å²) in [5.41, 5.74) is 3.52. The summed E-state index contributed by atoms with van der Waals surface area (Å²) >= 11 is 3.66. The van der Waals surface area contributed by atoms with Crippen molar-refractivity contribution in [3.05, 3.63) is 97.1 Å². The third-order valence-corrected chi connectivity index (χ3v) is 8.83. The van der Waals surface area contributed by atoms with Gasteiger partial charge >= 0.3 is 0 Å². The van der Waals surface area contributed by atoms with Crippen molar-refractivity contribution in [2.24, 2.45) is 0 Å². The van der Waals surface area contributed by atoms with Gasteiger partial charge in [0, 0.05) is 36.3 Å². The van der Waals surface area contributed by atoms with Crippen LogP contribution < -0.4 is 0 Å². The molecule has 0 amide bonds. The van der Waals surface area contributed by atoms with E-state index in [1.165, 1.54) is 57.5 Å². The average Bonchev–Trinajstić information content (AvgIpc) is 3.55. The van der Waals surface area contributed by atoms with Crippen molar-refractivity contribution in [1.82, 2.24) is 9.55 Å². The standard InChI is InChI=1S/C29H16N2S2/c1-2-10-18-17(9-1)25-20-12-4-7-15-23(20)32-28(25)26-19-11-3-6-14-22(19)31(27(18)26)29-30-21-13-5-8-16-24(21)33-29/h1-16H. The van der Waals surface area contributed by atoms with Crippen molar-refractivity contribution in [1.29, 1.82) is 0 Å². The summed E-state index contributed by atoms with van der Waals surface area (Å²) in [7, 11) is 0. The van der Waals surface area contributed by atoms with Gasteiger partial charge in [0.05, 0.1) is 21.3 Å². The minimum atomic E-state index is 1.02. The molecule has 0 fully saturated rings. The zero-order chi connectivity index (χ0) is 21.5. The van der Waals surface area contributed by atoms with Crippen LogP contribution in [-0.4, -0.2) is 9.55 Å². The van der Waals surface area contributed by atoms with Crippen LogP contribution in [-0.2, 0) is 0 Å². The molecule has 4 heteroatoms. The van der Waals surface area contributed by atoms with E-state index in [4.69, 9.17) is 4.98 Å². The first-order chi connectivity index (χ1) is 16.4. The monoisotopic (exact) mass is 456 g/mol. The minimum Gasteiger partial charge on any atom is -0.285 e. The number of thiazole rings is 1. The SMILES string of the molecule is c1ccc2sc(-n3c4ccccc4c4c5sc6ccccc6c5c5ccccc5c43)nc2c1. The Morgan fingerprint density at radius 2 is 1.21 bits per heavy atom. The fourth-order valence-corrected chi connectivity index (χ4v) is 7.54. The average molecular weight is 457 g/mol. The molecule has 0 atom stereocenters. The highest BCUT2D eigenvalue weighted by Gasteiger charge is 2.22. The lowest BCUT2D eigenvalue weighted by Crippen LogP contribution is -1.93. The Morgan fingerprint density at radius 1 is 0.545 bits per heavy atom. The van der Waals surface area contributed by atoms with Crippen LogP contribution in [0.5, 0.6) is 0 Å². The first kappa shape index (κ1) is 17.8. The van der Waals surface area contributed by atoms with Crippen LogP contribution in [0.1, 0.15) is 0 Å². The molecule has 0 radical (unpaired) electrons. The van der Waals surface area contributed by atoms with Crippen LogP contribution in [0.15, 0.2) is 97.1 Å². The van der Waals surface area contributed by atoms with Crippen LogP contribution >= 0.6 is 22.7 Å². The maximum Gasteiger partial charge on any atom is 0.195 e. The summed E-state index contributed by atoms with van der Waals surface area (Å²) < 4.78 is 6.30. The zero-order valence-electron chi connectivity index (χ0n) is 17.4. The van der Waals surface area contributed by atoms with Gasteiger partial charge in [-0.15, -0.1) is 11.3 Å². The number of hydrogen-bond acceptors (Lipinski definition) is 3. The molecule has 3 aromatic heterocycles. The predicted molar refractivity (Wildman–Crippen MR) is 144 cm³/mol. The zero-order valence-corrected chi connectivity index (χ0v) is 19.1. The van der Waals surface area contributed by atoms with Gasteiger partial charge in [0.2, 0.25) is 0 Å². The van der Waals surface area contributed by atoms with E-state index in [0.717, 1.165) is 10.6 Å². The first-order valence-electron chi connectivity index (χ1n) is 11.0. The first-order valence-corrected chi connectivity index (χ1v) is 12.6. The van der Waals surface area contributed by atoms with Crippen LogP contribution in [0.2, 0.25) is 0 Å². The van der Waals surface area contributed by atoms with Crippen molar-refractivity contribution in [2.75, 3.05) is 0 Å². The molecule has 8 aromatic rings. The van der Waals surface area contributed by atoms with E-state index >= 15 is 0 Å². The Hall–Kier alpha value is -3.73. The summed E-state index contributed by atoms with van der Waals surface area (Å²) in [5, 5.41) is 8.93. The van der Waals surface area contributed by atoms with Crippen LogP contribution in [0.25, 0.3) is 68.1 Å².